The van der Waals surface area contributed by atoms with E-state index in [-0.39, 0.29) is 17.0 Å². The lowest BCUT2D eigenvalue weighted by Crippen LogP contribution is -2.36. The van der Waals surface area contributed by atoms with E-state index in [0.717, 1.165) is 6.07 Å². The number of halogens is 5. The molecular weight excluding hydrogens is 439 g/mol. The third kappa shape index (κ3) is 4.16. The maximum atomic E-state index is 14.0. The predicted molar refractivity (Wildman–Crippen MR) is 103 cm³/mol. The van der Waals surface area contributed by atoms with Crippen LogP contribution in [0.3, 0.4) is 0 Å². The predicted octanol–water partition coefficient (Wildman–Crippen LogP) is 4.20. The van der Waals surface area contributed by atoms with Crippen LogP contribution in [0.5, 0.6) is 11.5 Å². The number of methoxy groups -OCH3 is 2. The van der Waals surface area contributed by atoms with Gasteiger partial charge in [-0.3, -0.25) is 4.79 Å². The minimum atomic E-state index is -5.85. The van der Waals surface area contributed by atoms with Crippen LogP contribution in [0, 0.1) is 6.92 Å². The Labute approximate surface area is 179 Å². The zero-order valence-corrected chi connectivity index (χ0v) is 17.4. The summed E-state index contributed by atoms with van der Waals surface area (Å²) in [5.74, 6) is -5.03. The minimum Gasteiger partial charge on any atom is -0.497 e. The number of benzene rings is 1. The van der Waals surface area contributed by atoms with Crippen LogP contribution in [-0.2, 0) is 5.92 Å². The molecule has 0 aliphatic carbocycles. The van der Waals surface area contributed by atoms with Crippen LogP contribution in [0.2, 0.25) is 0 Å². The van der Waals surface area contributed by atoms with Crippen LogP contribution < -0.4 is 14.8 Å². The molecule has 3 aromatic rings. The number of hydrogen-bond acceptors (Lipinski definition) is 5. The summed E-state index contributed by atoms with van der Waals surface area (Å²) in [7, 11) is 2.91. The standard InChI is InChI=1S/C20H19F5N4O3/c1-10-7-16(19(21,22)20(23,24)25)29-17(26-10)9-14(28-29)18(30)27-11(2)13-8-12(31-3)5-6-15(13)32-4/h5-9,11H,1-4H3,(H,27,30). The van der Waals surface area contributed by atoms with Crippen molar-refractivity contribution in [2.24, 2.45) is 0 Å². The number of nitrogens with one attached hydrogen (secondary N) is 1. The number of alkyl halides is 5. The zero-order chi connectivity index (χ0) is 23.8. The second kappa shape index (κ2) is 8.24. The summed E-state index contributed by atoms with van der Waals surface area (Å²) in [6.45, 7) is 2.90. The Balaban J connectivity index is 1.97. The van der Waals surface area contributed by atoms with E-state index in [0.29, 0.717) is 27.6 Å². The van der Waals surface area contributed by atoms with Gasteiger partial charge in [-0.05, 0) is 38.1 Å². The lowest BCUT2D eigenvalue weighted by molar-refractivity contribution is -0.291. The van der Waals surface area contributed by atoms with Crippen LogP contribution in [0.4, 0.5) is 22.0 Å². The molecule has 1 aromatic carbocycles. The summed E-state index contributed by atoms with van der Waals surface area (Å²) in [4.78, 5) is 16.6. The number of rotatable bonds is 6. The fraction of sp³-hybridized carbons (Fsp3) is 0.350. The van der Waals surface area contributed by atoms with Gasteiger partial charge in [0.15, 0.2) is 11.3 Å². The van der Waals surface area contributed by atoms with Crippen molar-refractivity contribution in [2.45, 2.75) is 32.0 Å². The van der Waals surface area contributed by atoms with Gasteiger partial charge in [0.25, 0.3) is 5.91 Å². The molecule has 1 atom stereocenters. The zero-order valence-electron chi connectivity index (χ0n) is 17.4. The van der Waals surface area contributed by atoms with Gasteiger partial charge in [0.2, 0.25) is 0 Å². The molecule has 1 amide bonds. The fourth-order valence-electron chi connectivity index (χ4n) is 3.11. The minimum absolute atomic E-state index is 0.0854. The highest BCUT2D eigenvalue weighted by Crippen LogP contribution is 2.43. The lowest BCUT2D eigenvalue weighted by Gasteiger charge is -2.20. The van der Waals surface area contributed by atoms with Gasteiger partial charge in [-0.25, -0.2) is 9.50 Å². The average molecular weight is 458 g/mol. The number of carbonyl (C=O) groups excluding carboxylic acids is 1. The maximum absolute atomic E-state index is 14.0. The summed E-state index contributed by atoms with van der Waals surface area (Å²) < 4.78 is 77.6. The smallest absolute Gasteiger partial charge is 0.459 e. The van der Waals surface area contributed by atoms with Gasteiger partial charge < -0.3 is 14.8 Å². The molecule has 12 heteroatoms. The van der Waals surface area contributed by atoms with E-state index < -0.39 is 29.7 Å². The van der Waals surface area contributed by atoms with Gasteiger partial charge in [0, 0.05) is 17.3 Å². The van der Waals surface area contributed by atoms with Crippen LogP contribution >= 0.6 is 0 Å². The largest absolute Gasteiger partial charge is 0.497 e. The molecule has 0 aliphatic rings. The number of fused-ring (bicyclic) bond motifs is 1. The Morgan fingerprint density at radius 1 is 1.09 bits per heavy atom. The summed E-state index contributed by atoms with van der Waals surface area (Å²) in [5.41, 5.74) is -1.66. The van der Waals surface area contributed by atoms with Crippen molar-refractivity contribution in [3.05, 3.63) is 53.0 Å². The fourth-order valence-corrected chi connectivity index (χ4v) is 3.11. The first-order valence-corrected chi connectivity index (χ1v) is 9.24. The van der Waals surface area contributed by atoms with Crippen LogP contribution in [0.25, 0.3) is 5.65 Å². The molecule has 0 saturated carbocycles. The quantitative estimate of drug-likeness (QED) is 0.561. The second-order valence-electron chi connectivity index (χ2n) is 6.96. The Morgan fingerprint density at radius 3 is 2.38 bits per heavy atom. The molecule has 1 unspecified atom stereocenters. The van der Waals surface area contributed by atoms with Gasteiger partial charge in [-0.2, -0.15) is 27.1 Å². The van der Waals surface area contributed by atoms with Crippen molar-refractivity contribution in [2.75, 3.05) is 14.2 Å². The van der Waals surface area contributed by atoms with Crippen LogP contribution in [0.15, 0.2) is 30.3 Å². The molecule has 0 fully saturated rings. The maximum Gasteiger partial charge on any atom is 0.459 e. The average Bonchev–Trinajstić information content (AvgIpc) is 3.15. The van der Waals surface area contributed by atoms with E-state index in [1.165, 1.54) is 21.1 Å². The first kappa shape index (κ1) is 23.2. The van der Waals surface area contributed by atoms with E-state index in [1.807, 2.05) is 0 Å². The summed E-state index contributed by atoms with van der Waals surface area (Å²) in [6.07, 6.45) is -5.85. The SMILES string of the molecule is COc1ccc(OC)c(C(C)NC(=O)c2cc3nc(C)cc(C(F)(F)C(F)(F)F)n3n2)c1. The lowest BCUT2D eigenvalue weighted by atomic mass is 10.1. The van der Waals surface area contributed by atoms with Gasteiger partial charge in [-0.15, -0.1) is 0 Å². The number of aryl methyl sites for hydroxylation is 1. The molecule has 0 aliphatic heterocycles. The highest BCUT2D eigenvalue weighted by Gasteiger charge is 2.60. The molecule has 1 N–H and O–H groups in total. The molecule has 172 valence electrons. The van der Waals surface area contributed by atoms with Gasteiger partial charge in [-0.1, -0.05) is 0 Å². The van der Waals surface area contributed by atoms with E-state index in [1.54, 1.807) is 25.1 Å². The molecular formula is C20H19F5N4O3. The van der Waals surface area contributed by atoms with Crippen molar-refractivity contribution in [1.82, 2.24) is 19.9 Å². The molecule has 2 heterocycles. The molecule has 32 heavy (non-hydrogen) atoms. The molecule has 0 radical (unpaired) electrons. The van der Waals surface area contributed by atoms with E-state index in [2.05, 4.69) is 15.4 Å². The van der Waals surface area contributed by atoms with Gasteiger partial charge in [0.1, 0.15) is 17.2 Å². The van der Waals surface area contributed by atoms with Crippen molar-refractivity contribution >= 4 is 11.6 Å². The van der Waals surface area contributed by atoms with Crippen LogP contribution in [0.1, 0.15) is 40.4 Å². The number of hydrogen-bond donors (Lipinski definition) is 1. The number of aromatic nitrogens is 3. The molecule has 0 saturated heterocycles. The van der Waals surface area contributed by atoms with E-state index in [4.69, 9.17) is 9.47 Å². The van der Waals surface area contributed by atoms with Crippen molar-refractivity contribution in [1.29, 1.82) is 0 Å². The molecule has 3 rings (SSSR count). The van der Waals surface area contributed by atoms with Gasteiger partial charge >= 0.3 is 12.1 Å². The van der Waals surface area contributed by atoms with Crippen molar-refractivity contribution in [3.63, 3.8) is 0 Å². The van der Waals surface area contributed by atoms with Gasteiger partial charge in [0.05, 0.1) is 20.3 Å². The molecule has 2 aromatic heterocycles. The first-order valence-electron chi connectivity index (χ1n) is 9.24. The van der Waals surface area contributed by atoms with Crippen molar-refractivity contribution in [3.8, 4) is 11.5 Å². The number of amides is 1. The highest BCUT2D eigenvalue weighted by molar-refractivity contribution is 5.93. The Hall–Kier alpha value is -3.44. The summed E-state index contributed by atoms with van der Waals surface area (Å²) in [6, 6.07) is 5.92. The Kier molecular flexibility index (Phi) is 5.98. The van der Waals surface area contributed by atoms with E-state index in [9.17, 15) is 26.7 Å². The number of carbonyl (C=O) groups is 1. The van der Waals surface area contributed by atoms with Crippen molar-refractivity contribution < 1.29 is 36.2 Å². The summed E-state index contributed by atoms with van der Waals surface area (Å²) in [5, 5.41) is 6.28. The number of nitrogens with zero attached hydrogens (tertiary/aromatic N) is 3. The molecule has 7 nitrogen and oxygen atoms in total. The Bertz CT molecular complexity index is 1160. The molecule has 0 bridgehead atoms. The number of ether oxygens (including phenoxy) is 2. The Morgan fingerprint density at radius 2 is 1.78 bits per heavy atom. The van der Waals surface area contributed by atoms with Crippen LogP contribution in [-0.4, -0.2) is 40.9 Å². The topological polar surface area (TPSA) is 77.8 Å². The third-order valence-electron chi connectivity index (χ3n) is 4.72. The highest BCUT2D eigenvalue weighted by atomic mass is 19.4. The summed E-state index contributed by atoms with van der Waals surface area (Å²) >= 11 is 0. The first-order chi connectivity index (χ1) is 14.9. The molecule has 0 spiro atoms. The third-order valence-corrected chi connectivity index (χ3v) is 4.72. The van der Waals surface area contributed by atoms with E-state index >= 15 is 0 Å². The monoisotopic (exact) mass is 458 g/mol. The second-order valence-corrected chi connectivity index (χ2v) is 6.96. The normalized spacial score (nSPS) is 13.2.